The Morgan fingerprint density at radius 2 is 2.00 bits per heavy atom. The lowest BCUT2D eigenvalue weighted by Gasteiger charge is -2.05. The number of aromatic nitrogens is 2. The number of ether oxygens (including phenoxy) is 1. The van der Waals surface area contributed by atoms with Crippen LogP contribution >= 0.6 is 0 Å². The first-order chi connectivity index (χ1) is 9.19. The highest BCUT2D eigenvalue weighted by molar-refractivity contribution is 5.85. The molecule has 98 valence electrons. The van der Waals surface area contributed by atoms with Gasteiger partial charge in [-0.1, -0.05) is 25.5 Å². The molecule has 0 unspecified atom stereocenters. The second kappa shape index (κ2) is 5.95. The van der Waals surface area contributed by atoms with E-state index in [0.29, 0.717) is 5.75 Å². The summed E-state index contributed by atoms with van der Waals surface area (Å²) in [5.41, 5.74) is 1.14. The van der Waals surface area contributed by atoms with Gasteiger partial charge in [0.2, 0.25) is 0 Å². The molecule has 0 saturated carbocycles. The molecule has 0 atom stereocenters. The third-order valence-corrected chi connectivity index (χ3v) is 2.52. The zero-order chi connectivity index (χ0) is 13.7. The van der Waals surface area contributed by atoms with Gasteiger partial charge >= 0.3 is 12.0 Å². The number of carboxylic acids is 1. The second-order valence-electron chi connectivity index (χ2n) is 4.03. The summed E-state index contributed by atoms with van der Waals surface area (Å²) in [6, 6.07) is 8.94. The van der Waals surface area contributed by atoms with Crippen molar-refractivity contribution in [3.63, 3.8) is 0 Å². The van der Waals surface area contributed by atoms with E-state index in [9.17, 15) is 4.79 Å². The number of nitrogens with zero attached hydrogens (tertiary/aromatic N) is 2. The van der Waals surface area contributed by atoms with Crippen molar-refractivity contribution < 1.29 is 14.6 Å². The number of rotatable bonds is 5. The standard InChI is InChI=1S/C14H14N2O3/c1-2-3-10-4-6-11(7-5-10)19-14-15-9-8-12(16-14)13(17)18/h4-9H,2-3H2,1H3,(H,17,18). The molecule has 1 aromatic carbocycles. The van der Waals surface area contributed by atoms with E-state index in [0.717, 1.165) is 12.8 Å². The Morgan fingerprint density at radius 3 is 2.63 bits per heavy atom. The Kier molecular flexibility index (Phi) is 4.07. The smallest absolute Gasteiger partial charge is 0.354 e. The highest BCUT2D eigenvalue weighted by Crippen LogP contribution is 2.18. The van der Waals surface area contributed by atoms with Crippen LogP contribution in [-0.4, -0.2) is 21.0 Å². The van der Waals surface area contributed by atoms with Gasteiger partial charge in [-0.2, -0.15) is 4.98 Å². The molecule has 1 heterocycles. The van der Waals surface area contributed by atoms with Crippen molar-refractivity contribution in [2.24, 2.45) is 0 Å². The van der Waals surface area contributed by atoms with E-state index in [2.05, 4.69) is 16.9 Å². The molecule has 1 N–H and O–H groups in total. The molecule has 0 spiro atoms. The van der Waals surface area contributed by atoms with E-state index in [-0.39, 0.29) is 11.7 Å². The van der Waals surface area contributed by atoms with Crippen LogP contribution in [0.5, 0.6) is 11.8 Å². The maximum absolute atomic E-state index is 10.8. The van der Waals surface area contributed by atoms with Crippen LogP contribution in [0.25, 0.3) is 0 Å². The van der Waals surface area contributed by atoms with E-state index < -0.39 is 5.97 Å². The fourth-order valence-corrected chi connectivity index (χ4v) is 1.63. The van der Waals surface area contributed by atoms with Crippen molar-refractivity contribution in [1.82, 2.24) is 9.97 Å². The minimum absolute atomic E-state index is 0.0307. The molecular formula is C14H14N2O3. The van der Waals surface area contributed by atoms with E-state index in [1.807, 2.05) is 24.3 Å². The van der Waals surface area contributed by atoms with Crippen molar-refractivity contribution in [3.8, 4) is 11.8 Å². The first-order valence-electron chi connectivity index (χ1n) is 6.02. The van der Waals surface area contributed by atoms with Crippen molar-refractivity contribution in [1.29, 1.82) is 0 Å². The van der Waals surface area contributed by atoms with Gasteiger partial charge in [-0.15, -0.1) is 0 Å². The minimum atomic E-state index is -1.11. The Hall–Kier alpha value is -2.43. The molecule has 0 saturated heterocycles. The summed E-state index contributed by atoms with van der Waals surface area (Å²) in [4.78, 5) is 18.4. The first-order valence-corrected chi connectivity index (χ1v) is 6.02. The van der Waals surface area contributed by atoms with Gasteiger partial charge in [0.25, 0.3) is 0 Å². The SMILES string of the molecule is CCCc1ccc(Oc2nccc(C(=O)O)n2)cc1. The zero-order valence-corrected chi connectivity index (χ0v) is 10.5. The summed E-state index contributed by atoms with van der Waals surface area (Å²) in [7, 11) is 0. The van der Waals surface area contributed by atoms with Gasteiger partial charge in [0.1, 0.15) is 5.75 Å². The average molecular weight is 258 g/mol. The predicted molar refractivity (Wildman–Crippen MR) is 69.5 cm³/mol. The lowest BCUT2D eigenvalue weighted by atomic mass is 10.1. The molecule has 2 rings (SSSR count). The highest BCUT2D eigenvalue weighted by atomic mass is 16.5. The lowest BCUT2D eigenvalue weighted by Crippen LogP contribution is -2.02. The summed E-state index contributed by atoms with van der Waals surface area (Å²) in [5, 5.41) is 8.82. The molecular weight excluding hydrogens is 244 g/mol. The lowest BCUT2D eigenvalue weighted by molar-refractivity contribution is 0.0689. The third-order valence-electron chi connectivity index (χ3n) is 2.52. The summed E-state index contributed by atoms with van der Waals surface area (Å²) in [5.74, 6) is -0.520. The third kappa shape index (κ3) is 3.51. The Labute approximate surface area is 110 Å². The summed E-state index contributed by atoms with van der Waals surface area (Å²) in [6.45, 7) is 2.12. The van der Waals surface area contributed by atoms with Gasteiger partial charge in [-0.25, -0.2) is 9.78 Å². The van der Waals surface area contributed by atoms with Crippen LogP contribution in [-0.2, 0) is 6.42 Å². The molecule has 0 aliphatic carbocycles. The fourth-order valence-electron chi connectivity index (χ4n) is 1.63. The van der Waals surface area contributed by atoms with Gasteiger partial charge in [-0.3, -0.25) is 0 Å². The Balaban J connectivity index is 2.12. The van der Waals surface area contributed by atoms with Gasteiger partial charge in [0, 0.05) is 6.20 Å². The largest absolute Gasteiger partial charge is 0.477 e. The number of carbonyl (C=O) groups is 1. The van der Waals surface area contributed by atoms with Crippen LogP contribution in [0.15, 0.2) is 36.5 Å². The molecule has 1 aromatic heterocycles. The van der Waals surface area contributed by atoms with Gasteiger partial charge in [-0.05, 0) is 30.2 Å². The predicted octanol–water partition coefficient (Wildman–Crippen LogP) is 2.92. The zero-order valence-electron chi connectivity index (χ0n) is 10.5. The van der Waals surface area contributed by atoms with E-state index in [4.69, 9.17) is 9.84 Å². The monoisotopic (exact) mass is 258 g/mol. The number of aromatic carboxylic acids is 1. The van der Waals surface area contributed by atoms with Crippen LogP contribution in [0, 0.1) is 0 Å². The molecule has 0 amide bonds. The van der Waals surface area contributed by atoms with Gasteiger partial charge in [0.15, 0.2) is 5.69 Å². The minimum Gasteiger partial charge on any atom is -0.477 e. The average Bonchev–Trinajstić information content (AvgIpc) is 2.42. The van der Waals surface area contributed by atoms with E-state index in [1.54, 1.807) is 0 Å². The van der Waals surface area contributed by atoms with Crippen LogP contribution in [0.2, 0.25) is 0 Å². The number of carboxylic acid groups (broad SMARTS) is 1. The molecule has 0 fully saturated rings. The van der Waals surface area contributed by atoms with Gasteiger partial charge in [0.05, 0.1) is 0 Å². The van der Waals surface area contributed by atoms with Crippen molar-refractivity contribution in [3.05, 3.63) is 47.8 Å². The molecule has 5 heteroatoms. The molecule has 0 aliphatic heterocycles. The van der Waals surface area contributed by atoms with E-state index >= 15 is 0 Å². The van der Waals surface area contributed by atoms with Crippen molar-refractivity contribution in [2.75, 3.05) is 0 Å². The normalized spacial score (nSPS) is 10.2. The molecule has 2 aromatic rings. The summed E-state index contributed by atoms with van der Waals surface area (Å²) in [6.07, 6.45) is 3.46. The maximum atomic E-state index is 10.8. The summed E-state index contributed by atoms with van der Waals surface area (Å²) < 4.78 is 5.42. The number of benzene rings is 1. The maximum Gasteiger partial charge on any atom is 0.354 e. The van der Waals surface area contributed by atoms with Gasteiger partial charge < -0.3 is 9.84 Å². The first kappa shape index (κ1) is 13.0. The van der Waals surface area contributed by atoms with Crippen LogP contribution in [0.1, 0.15) is 29.4 Å². The van der Waals surface area contributed by atoms with Crippen LogP contribution in [0.4, 0.5) is 0 Å². The molecule has 0 aliphatic rings. The molecule has 0 radical (unpaired) electrons. The highest BCUT2D eigenvalue weighted by Gasteiger charge is 2.07. The fraction of sp³-hybridized carbons (Fsp3) is 0.214. The van der Waals surface area contributed by atoms with Crippen molar-refractivity contribution in [2.45, 2.75) is 19.8 Å². The summed E-state index contributed by atoms with van der Waals surface area (Å²) >= 11 is 0. The Bertz CT molecular complexity index is 567. The second-order valence-corrected chi connectivity index (χ2v) is 4.03. The molecule has 5 nitrogen and oxygen atoms in total. The van der Waals surface area contributed by atoms with Crippen molar-refractivity contribution >= 4 is 5.97 Å². The van der Waals surface area contributed by atoms with Crippen LogP contribution < -0.4 is 4.74 Å². The quantitative estimate of drug-likeness (QED) is 0.892. The number of aryl methyl sites for hydroxylation is 1. The topological polar surface area (TPSA) is 72.3 Å². The van der Waals surface area contributed by atoms with E-state index in [1.165, 1.54) is 17.8 Å². The molecule has 0 bridgehead atoms. The molecule has 19 heavy (non-hydrogen) atoms. The number of hydrogen-bond donors (Lipinski definition) is 1. The Morgan fingerprint density at radius 1 is 1.26 bits per heavy atom. The number of hydrogen-bond acceptors (Lipinski definition) is 4. The van der Waals surface area contributed by atoms with Crippen LogP contribution in [0.3, 0.4) is 0 Å².